The molecule has 0 spiro atoms. The van der Waals surface area contributed by atoms with Crippen LogP contribution >= 0.6 is 0 Å². The lowest BCUT2D eigenvalue weighted by atomic mass is 10.0. The monoisotopic (exact) mass is 314 g/mol. The van der Waals surface area contributed by atoms with Crippen molar-refractivity contribution >= 4 is 11.0 Å². The van der Waals surface area contributed by atoms with Crippen LogP contribution < -0.4 is 5.43 Å². The molecule has 3 nitrogen and oxygen atoms in total. The Morgan fingerprint density at radius 1 is 0.708 bits per heavy atom. The highest BCUT2D eigenvalue weighted by atomic mass is 16.3. The highest BCUT2D eigenvalue weighted by Gasteiger charge is 2.07. The molecule has 3 aromatic carbocycles. The number of phenols is 1. The first-order valence-electron chi connectivity index (χ1n) is 7.63. The summed E-state index contributed by atoms with van der Waals surface area (Å²) in [7, 11) is 0. The molecule has 1 aromatic heterocycles. The Kier molecular flexibility index (Phi) is 3.39. The molecule has 4 aromatic rings. The van der Waals surface area contributed by atoms with Crippen LogP contribution in [0.2, 0.25) is 0 Å². The molecule has 1 heterocycles. The summed E-state index contributed by atoms with van der Waals surface area (Å²) in [5.74, 6) is 0.796. The molecule has 1 N–H and O–H groups in total. The maximum Gasteiger partial charge on any atom is 0.193 e. The summed E-state index contributed by atoms with van der Waals surface area (Å²) in [5.41, 5.74) is 3.43. The van der Waals surface area contributed by atoms with Gasteiger partial charge < -0.3 is 9.52 Å². The standard InChI is InChI=1S/C21H14O3/c22-17-11-9-15(10-12-17)14-5-7-16(8-6-14)21-13-19(23)18-3-1-2-4-20(18)24-21/h1-13,22H. The van der Waals surface area contributed by atoms with Crippen molar-refractivity contribution in [2.45, 2.75) is 0 Å². The fraction of sp³-hybridized carbons (Fsp3) is 0. The van der Waals surface area contributed by atoms with E-state index in [4.69, 9.17) is 4.42 Å². The maximum atomic E-state index is 12.2. The zero-order valence-electron chi connectivity index (χ0n) is 12.8. The lowest BCUT2D eigenvalue weighted by Crippen LogP contribution is -1.99. The van der Waals surface area contributed by atoms with E-state index >= 15 is 0 Å². The molecule has 0 fully saturated rings. The summed E-state index contributed by atoms with van der Waals surface area (Å²) in [6, 6.07) is 23.6. The van der Waals surface area contributed by atoms with Gasteiger partial charge in [-0.25, -0.2) is 0 Å². The summed E-state index contributed by atoms with van der Waals surface area (Å²) in [4.78, 5) is 12.2. The van der Waals surface area contributed by atoms with Crippen molar-refractivity contribution in [2.24, 2.45) is 0 Å². The molecular weight excluding hydrogens is 300 g/mol. The van der Waals surface area contributed by atoms with Crippen molar-refractivity contribution in [1.29, 1.82) is 0 Å². The van der Waals surface area contributed by atoms with Crippen molar-refractivity contribution in [3.05, 3.63) is 89.1 Å². The molecule has 0 saturated carbocycles. The maximum absolute atomic E-state index is 12.2. The molecule has 0 aliphatic heterocycles. The van der Waals surface area contributed by atoms with Crippen molar-refractivity contribution < 1.29 is 9.52 Å². The number of hydrogen-bond donors (Lipinski definition) is 1. The van der Waals surface area contributed by atoms with E-state index in [2.05, 4.69) is 0 Å². The second kappa shape index (κ2) is 5.70. The highest BCUT2D eigenvalue weighted by Crippen LogP contribution is 2.26. The number of aromatic hydroxyl groups is 1. The molecule has 0 unspecified atom stereocenters. The second-order valence-corrected chi connectivity index (χ2v) is 5.60. The van der Waals surface area contributed by atoms with Gasteiger partial charge in [0.15, 0.2) is 5.43 Å². The average Bonchev–Trinajstić information content (AvgIpc) is 2.62. The average molecular weight is 314 g/mol. The van der Waals surface area contributed by atoms with E-state index < -0.39 is 0 Å². The quantitative estimate of drug-likeness (QED) is 0.576. The van der Waals surface area contributed by atoms with Crippen molar-refractivity contribution in [3.8, 4) is 28.2 Å². The molecule has 0 bridgehead atoms. The van der Waals surface area contributed by atoms with Crippen LogP contribution in [0.5, 0.6) is 5.75 Å². The van der Waals surface area contributed by atoms with Gasteiger partial charge in [-0.15, -0.1) is 0 Å². The Balaban J connectivity index is 1.75. The third-order valence-corrected chi connectivity index (χ3v) is 4.00. The fourth-order valence-electron chi connectivity index (χ4n) is 2.73. The zero-order valence-corrected chi connectivity index (χ0v) is 12.8. The molecule has 0 atom stereocenters. The van der Waals surface area contributed by atoms with Crippen molar-refractivity contribution in [2.75, 3.05) is 0 Å². The number of hydrogen-bond acceptors (Lipinski definition) is 3. The SMILES string of the molecule is O=c1cc(-c2ccc(-c3ccc(O)cc3)cc2)oc2ccccc12. The first kappa shape index (κ1) is 14.3. The molecule has 3 heteroatoms. The molecule has 0 aliphatic rings. The topological polar surface area (TPSA) is 50.4 Å². The van der Waals surface area contributed by atoms with Crippen LogP contribution in [0.15, 0.2) is 88.1 Å². The molecule has 116 valence electrons. The minimum Gasteiger partial charge on any atom is -0.508 e. The molecular formula is C21H14O3. The fourth-order valence-corrected chi connectivity index (χ4v) is 2.73. The third kappa shape index (κ3) is 2.57. The summed E-state index contributed by atoms with van der Waals surface area (Å²) >= 11 is 0. The van der Waals surface area contributed by atoms with Crippen molar-refractivity contribution in [3.63, 3.8) is 0 Å². The van der Waals surface area contributed by atoms with E-state index in [1.54, 1.807) is 24.3 Å². The first-order valence-corrected chi connectivity index (χ1v) is 7.63. The smallest absolute Gasteiger partial charge is 0.193 e. The number of para-hydroxylation sites is 1. The van der Waals surface area contributed by atoms with Gasteiger partial charge in [-0.3, -0.25) is 4.79 Å². The Morgan fingerprint density at radius 2 is 1.29 bits per heavy atom. The lowest BCUT2D eigenvalue weighted by Gasteiger charge is -2.06. The molecule has 0 aliphatic carbocycles. The van der Waals surface area contributed by atoms with Gasteiger partial charge in [-0.1, -0.05) is 48.5 Å². The number of fused-ring (bicyclic) bond motifs is 1. The zero-order chi connectivity index (χ0) is 16.5. The van der Waals surface area contributed by atoms with E-state index in [-0.39, 0.29) is 11.2 Å². The van der Waals surface area contributed by atoms with Gasteiger partial charge >= 0.3 is 0 Å². The van der Waals surface area contributed by atoms with Crippen LogP contribution in [-0.4, -0.2) is 5.11 Å². The van der Waals surface area contributed by atoms with Gasteiger partial charge in [0.05, 0.1) is 5.39 Å². The van der Waals surface area contributed by atoms with Gasteiger partial charge in [-0.2, -0.15) is 0 Å². The summed E-state index contributed by atoms with van der Waals surface area (Å²) < 4.78 is 5.86. The molecule has 0 saturated heterocycles. The Hall–Kier alpha value is -3.33. The van der Waals surface area contributed by atoms with Crippen LogP contribution in [0.25, 0.3) is 33.4 Å². The number of benzene rings is 3. The van der Waals surface area contributed by atoms with E-state index in [0.29, 0.717) is 16.7 Å². The van der Waals surface area contributed by atoms with E-state index in [9.17, 15) is 9.90 Å². The Labute approximate surface area is 138 Å². The van der Waals surface area contributed by atoms with Gasteiger partial charge in [-0.05, 0) is 35.4 Å². The summed E-state index contributed by atoms with van der Waals surface area (Å²) in [6.07, 6.45) is 0. The molecule has 0 radical (unpaired) electrons. The number of phenolic OH excluding ortho intramolecular Hbond substituents is 1. The lowest BCUT2D eigenvalue weighted by molar-refractivity contribution is 0.475. The van der Waals surface area contributed by atoms with Gasteiger partial charge in [0.1, 0.15) is 17.1 Å². The van der Waals surface area contributed by atoms with Crippen LogP contribution in [0.1, 0.15) is 0 Å². The van der Waals surface area contributed by atoms with Gasteiger partial charge in [0.25, 0.3) is 0 Å². The first-order chi connectivity index (χ1) is 11.7. The van der Waals surface area contributed by atoms with Crippen LogP contribution in [0.4, 0.5) is 0 Å². The number of rotatable bonds is 2. The highest BCUT2D eigenvalue weighted by molar-refractivity contribution is 5.79. The predicted octanol–water partition coefficient (Wildman–Crippen LogP) is 4.83. The van der Waals surface area contributed by atoms with Crippen LogP contribution in [0, 0.1) is 0 Å². The van der Waals surface area contributed by atoms with Gasteiger partial charge in [0.2, 0.25) is 0 Å². The van der Waals surface area contributed by atoms with Crippen LogP contribution in [0.3, 0.4) is 0 Å². The molecule has 4 rings (SSSR count). The minimum atomic E-state index is -0.0468. The Bertz CT molecular complexity index is 1060. The largest absolute Gasteiger partial charge is 0.508 e. The van der Waals surface area contributed by atoms with E-state index in [0.717, 1.165) is 16.7 Å². The third-order valence-electron chi connectivity index (χ3n) is 4.00. The summed E-state index contributed by atoms with van der Waals surface area (Å²) in [5, 5.41) is 9.95. The predicted molar refractivity (Wildman–Crippen MR) is 95.0 cm³/mol. The van der Waals surface area contributed by atoms with E-state index in [1.165, 1.54) is 6.07 Å². The van der Waals surface area contributed by atoms with Crippen LogP contribution in [-0.2, 0) is 0 Å². The van der Waals surface area contributed by atoms with Crippen molar-refractivity contribution in [1.82, 2.24) is 0 Å². The molecule has 24 heavy (non-hydrogen) atoms. The van der Waals surface area contributed by atoms with Gasteiger partial charge in [0, 0.05) is 11.6 Å². The van der Waals surface area contributed by atoms with E-state index in [1.807, 2.05) is 48.5 Å². The minimum absolute atomic E-state index is 0.0468. The Morgan fingerprint density at radius 3 is 2.00 bits per heavy atom. The molecule has 0 amide bonds. The normalized spacial score (nSPS) is 10.8. The summed E-state index contributed by atoms with van der Waals surface area (Å²) in [6.45, 7) is 0. The second-order valence-electron chi connectivity index (χ2n) is 5.60.